The SMILES string of the molecule is Nc1cc(F)c(S(=O)(=O)N2CCC(O)CC2)cc1C(=O)Nc1cc(F)c(F)c(F)c1. The smallest absolute Gasteiger partial charge is 0.257 e. The molecule has 1 heterocycles. The average Bonchev–Trinajstić information content (AvgIpc) is 2.66. The number of sulfonamides is 1. The second-order valence-electron chi connectivity index (χ2n) is 6.71. The minimum atomic E-state index is -4.34. The van der Waals surface area contributed by atoms with Crippen LogP contribution in [0.3, 0.4) is 0 Å². The maximum atomic E-state index is 14.4. The molecule has 0 saturated carbocycles. The van der Waals surface area contributed by atoms with Crippen LogP contribution in [-0.4, -0.2) is 42.9 Å². The first-order valence-electron chi connectivity index (χ1n) is 8.74. The highest BCUT2D eigenvalue weighted by Gasteiger charge is 2.32. The van der Waals surface area contributed by atoms with E-state index in [9.17, 15) is 35.9 Å². The molecule has 0 radical (unpaired) electrons. The maximum absolute atomic E-state index is 14.4. The molecule has 0 spiro atoms. The Morgan fingerprint density at radius 2 is 1.60 bits per heavy atom. The number of benzene rings is 2. The predicted molar refractivity (Wildman–Crippen MR) is 99.1 cm³/mol. The van der Waals surface area contributed by atoms with Crippen molar-refractivity contribution in [3.05, 3.63) is 53.1 Å². The summed E-state index contributed by atoms with van der Waals surface area (Å²) in [5.41, 5.74) is 4.29. The molecule has 4 N–H and O–H groups in total. The minimum Gasteiger partial charge on any atom is -0.398 e. The number of aliphatic hydroxyl groups excluding tert-OH is 1. The van der Waals surface area contributed by atoms with E-state index in [1.165, 1.54) is 0 Å². The summed E-state index contributed by atoms with van der Waals surface area (Å²) in [6, 6.07) is 2.41. The number of hydrogen-bond donors (Lipinski definition) is 3. The van der Waals surface area contributed by atoms with E-state index in [0.717, 1.165) is 10.4 Å². The lowest BCUT2D eigenvalue weighted by Gasteiger charge is -2.29. The van der Waals surface area contributed by atoms with Gasteiger partial charge in [-0.2, -0.15) is 4.31 Å². The van der Waals surface area contributed by atoms with E-state index < -0.39 is 67.1 Å². The number of piperidine rings is 1. The Kier molecular flexibility index (Phi) is 6.01. The van der Waals surface area contributed by atoms with Crippen LogP contribution in [0, 0.1) is 23.3 Å². The maximum Gasteiger partial charge on any atom is 0.257 e. The summed E-state index contributed by atoms with van der Waals surface area (Å²) in [6.07, 6.45) is -0.319. The van der Waals surface area contributed by atoms with Crippen LogP contribution >= 0.6 is 0 Å². The van der Waals surface area contributed by atoms with E-state index in [1.807, 2.05) is 0 Å². The molecule has 2 aromatic carbocycles. The Labute approximate surface area is 169 Å². The van der Waals surface area contributed by atoms with Crippen molar-refractivity contribution in [1.29, 1.82) is 0 Å². The molecule has 1 fully saturated rings. The molecule has 1 amide bonds. The number of rotatable bonds is 4. The van der Waals surface area contributed by atoms with Gasteiger partial charge in [-0.3, -0.25) is 4.79 Å². The highest BCUT2D eigenvalue weighted by atomic mass is 32.2. The number of nitrogens with one attached hydrogen (secondary N) is 1. The number of aliphatic hydroxyl groups is 1. The molecule has 162 valence electrons. The van der Waals surface area contributed by atoms with Crippen molar-refractivity contribution in [2.75, 3.05) is 24.1 Å². The molecule has 2 aromatic rings. The zero-order chi connectivity index (χ0) is 22.2. The fourth-order valence-electron chi connectivity index (χ4n) is 3.01. The molecule has 0 aliphatic carbocycles. The summed E-state index contributed by atoms with van der Waals surface area (Å²) in [4.78, 5) is 11.6. The van der Waals surface area contributed by atoms with Gasteiger partial charge < -0.3 is 16.2 Å². The molecular weight excluding hydrogens is 430 g/mol. The van der Waals surface area contributed by atoms with Crippen LogP contribution in [0.25, 0.3) is 0 Å². The molecular formula is C18H17F4N3O4S. The number of anilines is 2. The average molecular weight is 447 g/mol. The normalized spacial score (nSPS) is 15.9. The summed E-state index contributed by atoms with van der Waals surface area (Å²) in [6.45, 7) is -0.0774. The predicted octanol–water partition coefficient (Wildman–Crippen LogP) is 2.22. The molecule has 1 aliphatic rings. The first kappa shape index (κ1) is 22.0. The first-order chi connectivity index (χ1) is 14.0. The molecule has 30 heavy (non-hydrogen) atoms. The summed E-state index contributed by atoms with van der Waals surface area (Å²) in [5, 5.41) is 11.6. The Balaban J connectivity index is 1.94. The summed E-state index contributed by atoms with van der Waals surface area (Å²) in [5.74, 6) is -7.09. The van der Waals surface area contributed by atoms with Crippen molar-refractivity contribution in [1.82, 2.24) is 4.31 Å². The number of carbonyl (C=O) groups excluding carboxylic acids is 1. The van der Waals surface area contributed by atoms with E-state index in [4.69, 9.17) is 5.73 Å². The molecule has 1 saturated heterocycles. The van der Waals surface area contributed by atoms with Gasteiger partial charge in [0.1, 0.15) is 10.7 Å². The number of halogens is 4. The van der Waals surface area contributed by atoms with Gasteiger partial charge in [0.25, 0.3) is 5.91 Å². The van der Waals surface area contributed by atoms with Gasteiger partial charge in [-0.05, 0) is 25.0 Å². The fourth-order valence-corrected chi connectivity index (χ4v) is 4.55. The van der Waals surface area contributed by atoms with Crippen LogP contribution < -0.4 is 11.1 Å². The topological polar surface area (TPSA) is 113 Å². The van der Waals surface area contributed by atoms with Crippen molar-refractivity contribution in [2.45, 2.75) is 23.8 Å². The zero-order valence-corrected chi connectivity index (χ0v) is 16.1. The van der Waals surface area contributed by atoms with Crippen LogP contribution in [0.4, 0.5) is 28.9 Å². The van der Waals surface area contributed by atoms with E-state index in [0.29, 0.717) is 18.2 Å². The quantitative estimate of drug-likeness (QED) is 0.378. The molecule has 0 aromatic heterocycles. The summed E-state index contributed by atoms with van der Waals surface area (Å²) < 4.78 is 80.6. The zero-order valence-electron chi connectivity index (χ0n) is 15.3. The van der Waals surface area contributed by atoms with Gasteiger partial charge in [0.2, 0.25) is 10.0 Å². The summed E-state index contributed by atoms with van der Waals surface area (Å²) in [7, 11) is -4.34. The Morgan fingerprint density at radius 1 is 1.03 bits per heavy atom. The second-order valence-corrected chi connectivity index (χ2v) is 8.62. The Bertz CT molecular complexity index is 1080. The van der Waals surface area contributed by atoms with Gasteiger partial charge in [0.05, 0.1) is 11.7 Å². The van der Waals surface area contributed by atoms with Crippen molar-refractivity contribution in [2.24, 2.45) is 0 Å². The third kappa shape index (κ3) is 4.25. The molecule has 12 heteroatoms. The standard InChI is InChI=1S/C18H17F4N3O4S/c19-12-8-15(23)11(18(27)24-9-5-13(20)17(22)14(21)6-9)7-16(12)30(28,29)25-3-1-10(26)2-4-25/h5-8,10,26H,1-4,23H2,(H,24,27). The third-order valence-electron chi connectivity index (χ3n) is 4.63. The number of nitrogens with two attached hydrogens (primary N) is 1. The van der Waals surface area contributed by atoms with Crippen LogP contribution in [0.5, 0.6) is 0 Å². The largest absolute Gasteiger partial charge is 0.398 e. The number of carbonyl (C=O) groups is 1. The molecule has 0 unspecified atom stereocenters. The highest BCUT2D eigenvalue weighted by molar-refractivity contribution is 7.89. The van der Waals surface area contributed by atoms with Crippen LogP contribution in [0.1, 0.15) is 23.2 Å². The molecule has 0 atom stereocenters. The van der Waals surface area contributed by atoms with Crippen LogP contribution in [0.15, 0.2) is 29.2 Å². The number of amides is 1. The lowest BCUT2D eigenvalue weighted by atomic mass is 10.1. The molecule has 0 bridgehead atoms. The van der Waals surface area contributed by atoms with Crippen molar-refractivity contribution in [3.63, 3.8) is 0 Å². The van der Waals surface area contributed by atoms with Gasteiger partial charge in [0.15, 0.2) is 17.5 Å². The Hall–Kier alpha value is -2.70. The monoisotopic (exact) mass is 447 g/mol. The number of nitrogens with zero attached hydrogens (tertiary/aromatic N) is 1. The number of nitrogen functional groups attached to an aromatic ring is 1. The van der Waals surface area contributed by atoms with Gasteiger partial charge in [-0.25, -0.2) is 26.0 Å². The molecule has 7 nitrogen and oxygen atoms in total. The van der Waals surface area contributed by atoms with Gasteiger partial charge >= 0.3 is 0 Å². The lowest BCUT2D eigenvalue weighted by molar-refractivity contribution is 0.102. The van der Waals surface area contributed by atoms with Gasteiger partial charge in [0, 0.05) is 36.6 Å². The second kappa shape index (κ2) is 8.20. The van der Waals surface area contributed by atoms with E-state index in [-0.39, 0.29) is 25.9 Å². The van der Waals surface area contributed by atoms with Crippen molar-refractivity contribution < 1.29 is 35.9 Å². The van der Waals surface area contributed by atoms with Gasteiger partial charge in [-0.1, -0.05) is 0 Å². The van der Waals surface area contributed by atoms with E-state index in [1.54, 1.807) is 0 Å². The molecule has 3 rings (SSSR count). The molecule has 1 aliphatic heterocycles. The summed E-state index contributed by atoms with van der Waals surface area (Å²) >= 11 is 0. The lowest BCUT2D eigenvalue weighted by Crippen LogP contribution is -2.40. The van der Waals surface area contributed by atoms with Crippen LogP contribution in [0.2, 0.25) is 0 Å². The minimum absolute atomic E-state index is 0.0387. The van der Waals surface area contributed by atoms with Gasteiger partial charge in [-0.15, -0.1) is 0 Å². The first-order valence-corrected chi connectivity index (χ1v) is 10.2. The third-order valence-corrected chi connectivity index (χ3v) is 6.55. The van der Waals surface area contributed by atoms with E-state index in [2.05, 4.69) is 5.32 Å². The highest BCUT2D eigenvalue weighted by Crippen LogP contribution is 2.28. The van der Waals surface area contributed by atoms with E-state index >= 15 is 0 Å². The van der Waals surface area contributed by atoms with Crippen LogP contribution in [-0.2, 0) is 10.0 Å². The number of hydrogen-bond acceptors (Lipinski definition) is 5. The fraction of sp³-hybridized carbons (Fsp3) is 0.278. The van der Waals surface area contributed by atoms with Crippen molar-refractivity contribution >= 4 is 27.3 Å². The Morgan fingerprint density at radius 3 is 2.17 bits per heavy atom. The van der Waals surface area contributed by atoms with Crippen molar-refractivity contribution in [3.8, 4) is 0 Å².